The molecule has 0 aliphatic heterocycles. The van der Waals surface area contributed by atoms with E-state index in [0.29, 0.717) is 5.70 Å². The Morgan fingerprint density at radius 2 is 2.13 bits per heavy atom. The summed E-state index contributed by atoms with van der Waals surface area (Å²) >= 11 is 0. The third-order valence-electron chi connectivity index (χ3n) is 1.77. The fraction of sp³-hybridized carbons (Fsp3) is 0.182. The van der Waals surface area contributed by atoms with Crippen molar-refractivity contribution >= 4 is 5.78 Å². The van der Waals surface area contributed by atoms with Crippen molar-refractivity contribution in [3.63, 3.8) is 0 Å². The molecule has 0 heterocycles. The standard InChI is InChI=1S/C11H11F2NO/c1-7(14)4-10(15)5-8-2-3-9(12)6-11(8)13/h2-4,6H,5,14H2,1H3/b7-4-. The maximum absolute atomic E-state index is 13.1. The smallest absolute Gasteiger partial charge is 0.161 e. The van der Waals surface area contributed by atoms with Crippen LogP contribution in [0.25, 0.3) is 0 Å². The summed E-state index contributed by atoms with van der Waals surface area (Å²) in [5, 5.41) is 0. The first-order valence-corrected chi connectivity index (χ1v) is 4.39. The highest BCUT2D eigenvalue weighted by Gasteiger charge is 2.07. The molecule has 0 saturated carbocycles. The van der Waals surface area contributed by atoms with Crippen LogP contribution in [-0.4, -0.2) is 5.78 Å². The molecule has 80 valence electrons. The lowest BCUT2D eigenvalue weighted by Crippen LogP contribution is -2.04. The lowest BCUT2D eigenvalue weighted by Gasteiger charge is -2.00. The number of carbonyl (C=O) groups is 1. The zero-order valence-corrected chi connectivity index (χ0v) is 8.26. The molecule has 1 aromatic rings. The first-order valence-electron chi connectivity index (χ1n) is 4.39. The molecule has 0 aromatic heterocycles. The number of hydrogen-bond acceptors (Lipinski definition) is 2. The molecule has 0 amide bonds. The van der Waals surface area contributed by atoms with Gasteiger partial charge in [0.1, 0.15) is 11.6 Å². The van der Waals surface area contributed by atoms with Crippen molar-refractivity contribution in [2.75, 3.05) is 0 Å². The summed E-state index contributed by atoms with van der Waals surface area (Å²) in [6.07, 6.45) is 1.11. The summed E-state index contributed by atoms with van der Waals surface area (Å²) in [5.41, 5.74) is 5.82. The predicted molar refractivity (Wildman–Crippen MR) is 53.0 cm³/mol. The van der Waals surface area contributed by atoms with E-state index in [9.17, 15) is 13.6 Å². The second-order valence-corrected chi connectivity index (χ2v) is 3.27. The largest absolute Gasteiger partial charge is 0.402 e. The number of hydrogen-bond donors (Lipinski definition) is 1. The molecule has 0 aliphatic rings. The lowest BCUT2D eigenvalue weighted by atomic mass is 10.1. The monoisotopic (exact) mass is 211 g/mol. The highest BCUT2D eigenvalue weighted by atomic mass is 19.1. The van der Waals surface area contributed by atoms with Crippen molar-refractivity contribution in [1.82, 2.24) is 0 Å². The Bertz CT molecular complexity index is 409. The third kappa shape index (κ3) is 3.50. The summed E-state index contributed by atoms with van der Waals surface area (Å²) in [6.45, 7) is 1.57. The average Bonchev–Trinajstić information content (AvgIpc) is 2.08. The van der Waals surface area contributed by atoms with Crippen LogP contribution in [0.4, 0.5) is 8.78 Å². The van der Waals surface area contributed by atoms with Crippen molar-refractivity contribution in [2.45, 2.75) is 13.3 Å². The number of carbonyl (C=O) groups excluding carboxylic acids is 1. The van der Waals surface area contributed by atoms with Gasteiger partial charge in [0.2, 0.25) is 0 Å². The molecular weight excluding hydrogens is 200 g/mol. The van der Waals surface area contributed by atoms with E-state index in [1.54, 1.807) is 6.92 Å². The average molecular weight is 211 g/mol. The Kier molecular flexibility index (Phi) is 3.55. The van der Waals surface area contributed by atoms with Gasteiger partial charge in [0, 0.05) is 18.2 Å². The summed E-state index contributed by atoms with van der Waals surface area (Å²) in [7, 11) is 0. The maximum Gasteiger partial charge on any atom is 0.161 e. The molecule has 0 saturated heterocycles. The molecule has 0 spiro atoms. The van der Waals surface area contributed by atoms with E-state index >= 15 is 0 Å². The number of allylic oxidation sites excluding steroid dienone is 2. The van der Waals surface area contributed by atoms with Crippen LogP contribution in [0.2, 0.25) is 0 Å². The second kappa shape index (κ2) is 4.68. The van der Waals surface area contributed by atoms with Gasteiger partial charge in [0.05, 0.1) is 0 Å². The van der Waals surface area contributed by atoms with E-state index in [1.165, 1.54) is 12.1 Å². The van der Waals surface area contributed by atoms with Gasteiger partial charge in [-0.1, -0.05) is 6.07 Å². The Morgan fingerprint density at radius 3 is 2.67 bits per heavy atom. The molecule has 15 heavy (non-hydrogen) atoms. The van der Waals surface area contributed by atoms with Crippen LogP contribution in [-0.2, 0) is 11.2 Å². The second-order valence-electron chi connectivity index (χ2n) is 3.27. The molecule has 0 unspecified atom stereocenters. The highest BCUT2D eigenvalue weighted by molar-refractivity contribution is 5.91. The fourth-order valence-corrected chi connectivity index (χ4v) is 1.16. The number of halogens is 2. The lowest BCUT2D eigenvalue weighted by molar-refractivity contribution is -0.114. The number of rotatable bonds is 3. The van der Waals surface area contributed by atoms with Gasteiger partial charge in [-0.15, -0.1) is 0 Å². The van der Waals surface area contributed by atoms with E-state index in [2.05, 4.69) is 0 Å². The SMILES string of the molecule is C/C(N)=C/C(=O)Cc1ccc(F)cc1F. The zero-order valence-electron chi connectivity index (χ0n) is 8.26. The molecule has 0 radical (unpaired) electrons. The van der Waals surface area contributed by atoms with Crippen LogP contribution in [0, 0.1) is 11.6 Å². The minimum Gasteiger partial charge on any atom is -0.402 e. The van der Waals surface area contributed by atoms with Crippen LogP contribution in [0.1, 0.15) is 12.5 Å². The molecule has 1 aromatic carbocycles. The summed E-state index contributed by atoms with van der Waals surface area (Å²) in [4.78, 5) is 11.2. The van der Waals surface area contributed by atoms with E-state index in [4.69, 9.17) is 5.73 Å². The van der Waals surface area contributed by atoms with Crippen molar-refractivity contribution in [3.05, 3.63) is 47.2 Å². The Hall–Kier alpha value is -1.71. The molecule has 0 bridgehead atoms. The van der Waals surface area contributed by atoms with Gasteiger partial charge in [-0.05, 0) is 24.6 Å². The molecule has 1 rings (SSSR count). The van der Waals surface area contributed by atoms with Crippen LogP contribution in [0.15, 0.2) is 30.0 Å². The van der Waals surface area contributed by atoms with E-state index < -0.39 is 11.6 Å². The molecular formula is C11H11F2NO. The molecule has 0 atom stereocenters. The number of benzene rings is 1. The highest BCUT2D eigenvalue weighted by Crippen LogP contribution is 2.10. The minimum atomic E-state index is -0.716. The molecule has 0 fully saturated rings. The van der Waals surface area contributed by atoms with Gasteiger partial charge >= 0.3 is 0 Å². The fourth-order valence-electron chi connectivity index (χ4n) is 1.16. The Morgan fingerprint density at radius 1 is 1.47 bits per heavy atom. The number of ketones is 1. The van der Waals surface area contributed by atoms with Gasteiger partial charge in [0.15, 0.2) is 5.78 Å². The van der Waals surface area contributed by atoms with Gasteiger partial charge < -0.3 is 5.73 Å². The predicted octanol–water partition coefficient (Wildman–Crippen LogP) is 1.94. The minimum absolute atomic E-state index is 0.110. The van der Waals surface area contributed by atoms with Gasteiger partial charge in [-0.2, -0.15) is 0 Å². The van der Waals surface area contributed by atoms with Crippen molar-refractivity contribution < 1.29 is 13.6 Å². The zero-order chi connectivity index (χ0) is 11.4. The first-order chi connectivity index (χ1) is 6.99. The topological polar surface area (TPSA) is 43.1 Å². The summed E-state index contributed by atoms with van der Waals surface area (Å²) in [6, 6.07) is 3.12. The summed E-state index contributed by atoms with van der Waals surface area (Å²) < 4.78 is 25.6. The molecule has 4 heteroatoms. The van der Waals surface area contributed by atoms with Gasteiger partial charge in [-0.3, -0.25) is 4.79 Å². The van der Waals surface area contributed by atoms with E-state index in [-0.39, 0.29) is 17.8 Å². The quantitative estimate of drug-likeness (QED) is 0.776. The third-order valence-corrected chi connectivity index (χ3v) is 1.77. The van der Waals surface area contributed by atoms with Crippen molar-refractivity contribution in [2.24, 2.45) is 5.73 Å². The van der Waals surface area contributed by atoms with Crippen LogP contribution < -0.4 is 5.73 Å². The van der Waals surface area contributed by atoms with Gasteiger partial charge in [-0.25, -0.2) is 8.78 Å². The number of nitrogens with two attached hydrogens (primary N) is 1. The maximum atomic E-state index is 13.1. The van der Waals surface area contributed by atoms with Crippen LogP contribution >= 0.6 is 0 Å². The van der Waals surface area contributed by atoms with Crippen LogP contribution in [0.5, 0.6) is 0 Å². The molecule has 2 nitrogen and oxygen atoms in total. The van der Waals surface area contributed by atoms with Gasteiger partial charge in [0.25, 0.3) is 0 Å². The van der Waals surface area contributed by atoms with Crippen molar-refractivity contribution in [1.29, 1.82) is 0 Å². The summed E-state index contributed by atoms with van der Waals surface area (Å²) in [5.74, 6) is -1.68. The van der Waals surface area contributed by atoms with E-state index in [1.807, 2.05) is 0 Å². The van der Waals surface area contributed by atoms with Crippen molar-refractivity contribution in [3.8, 4) is 0 Å². The Labute approximate surface area is 86.4 Å². The van der Waals surface area contributed by atoms with E-state index in [0.717, 1.165) is 12.1 Å². The van der Waals surface area contributed by atoms with Crippen LogP contribution in [0.3, 0.4) is 0 Å². The first kappa shape index (κ1) is 11.4. The Balaban J connectivity index is 2.82. The normalized spacial score (nSPS) is 11.5. The molecule has 2 N–H and O–H groups in total. The molecule has 0 aliphatic carbocycles.